The summed E-state index contributed by atoms with van der Waals surface area (Å²) in [4.78, 5) is 0.608. The first-order chi connectivity index (χ1) is 8.65. The Bertz CT molecular complexity index is 327. The van der Waals surface area contributed by atoms with Crippen molar-refractivity contribution in [1.29, 1.82) is 0 Å². The van der Waals surface area contributed by atoms with E-state index in [-0.39, 0.29) is 0 Å². The van der Waals surface area contributed by atoms with E-state index in [4.69, 9.17) is 0 Å². The largest absolute Gasteiger partial charge is 0.382 e. The first kappa shape index (κ1) is 15.3. The first-order valence-corrected chi connectivity index (χ1v) is 7.35. The third-order valence-electron chi connectivity index (χ3n) is 2.85. The maximum atomic E-state index is 12.2. The molecule has 0 saturated heterocycles. The third kappa shape index (κ3) is 5.71. The minimum Gasteiger partial charge on any atom is -0.382 e. The molecule has 1 aromatic rings. The fraction of sp³-hybridized carbons (Fsp3) is 0.571. The van der Waals surface area contributed by atoms with Gasteiger partial charge in [0.1, 0.15) is 0 Å². The predicted molar refractivity (Wildman–Crippen MR) is 75.5 cm³/mol. The van der Waals surface area contributed by atoms with Gasteiger partial charge in [0.25, 0.3) is 5.76 Å². The van der Waals surface area contributed by atoms with Crippen molar-refractivity contribution in [2.75, 3.05) is 5.32 Å². The Kier molecular flexibility index (Phi) is 7.09. The maximum Gasteiger partial charge on any atom is 0.288 e. The average molecular weight is 273 g/mol. The van der Waals surface area contributed by atoms with Crippen LogP contribution in [-0.4, -0.2) is 11.8 Å². The van der Waals surface area contributed by atoms with E-state index in [2.05, 4.69) is 19.2 Å². The number of unbranched alkanes of at least 4 members (excludes halogenated alkanes) is 1. The molecule has 102 valence electrons. The smallest absolute Gasteiger partial charge is 0.288 e. The normalized spacial score (nSPS) is 12.7. The molecule has 1 aromatic carbocycles. The van der Waals surface area contributed by atoms with E-state index in [1.54, 1.807) is 12.1 Å². The molecule has 0 amide bonds. The molecule has 1 atom stereocenters. The van der Waals surface area contributed by atoms with Crippen molar-refractivity contribution in [3.63, 3.8) is 0 Å². The minimum absolute atomic E-state index is 0.471. The summed E-state index contributed by atoms with van der Waals surface area (Å²) in [6, 6.07) is 7.70. The summed E-state index contributed by atoms with van der Waals surface area (Å²) >= 11 is 0.585. The number of hydrogen-bond donors (Lipinski definition) is 1. The molecule has 1 rings (SSSR count). The van der Waals surface area contributed by atoms with Gasteiger partial charge in [-0.1, -0.05) is 38.5 Å². The Morgan fingerprint density at radius 1 is 1.17 bits per heavy atom. The molecule has 0 aliphatic carbocycles. The van der Waals surface area contributed by atoms with E-state index >= 15 is 0 Å². The number of anilines is 1. The lowest BCUT2D eigenvalue weighted by molar-refractivity contribution is 0.252. The summed E-state index contributed by atoms with van der Waals surface area (Å²) in [6.45, 7) is 4.34. The lowest BCUT2D eigenvalue weighted by atomic mass is 10.1. The van der Waals surface area contributed by atoms with E-state index in [0.29, 0.717) is 22.7 Å². The molecule has 4 heteroatoms. The molecule has 18 heavy (non-hydrogen) atoms. The summed E-state index contributed by atoms with van der Waals surface area (Å²) in [5.41, 5.74) is 1.01. The van der Waals surface area contributed by atoms with Crippen LogP contribution < -0.4 is 5.32 Å². The van der Waals surface area contributed by atoms with E-state index in [9.17, 15) is 8.78 Å². The molecule has 0 bridgehead atoms. The number of benzene rings is 1. The van der Waals surface area contributed by atoms with Crippen LogP contribution >= 0.6 is 11.8 Å². The van der Waals surface area contributed by atoms with Gasteiger partial charge in [0, 0.05) is 16.6 Å². The van der Waals surface area contributed by atoms with Gasteiger partial charge in [0.05, 0.1) is 0 Å². The molecule has 0 heterocycles. The highest BCUT2D eigenvalue weighted by molar-refractivity contribution is 7.99. The molecular weight excluding hydrogens is 252 g/mol. The van der Waals surface area contributed by atoms with Crippen LogP contribution in [-0.2, 0) is 0 Å². The summed E-state index contributed by atoms with van der Waals surface area (Å²) < 4.78 is 24.3. The second-order valence-corrected chi connectivity index (χ2v) is 5.36. The van der Waals surface area contributed by atoms with Crippen molar-refractivity contribution in [2.24, 2.45) is 0 Å². The molecule has 0 fully saturated rings. The lowest BCUT2D eigenvalue weighted by Crippen LogP contribution is -2.18. The average Bonchev–Trinajstić information content (AvgIpc) is 2.36. The first-order valence-electron chi connectivity index (χ1n) is 6.47. The maximum absolute atomic E-state index is 12.2. The van der Waals surface area contributed by atoms with Gasteiger partial charge in [0.15, 0.2) is 0 Å². The van der Waals surface area contributed by atoms with Crippen molar-refractivity contribution in [3.8, 4) is 0 Å². The highest BCUT2D eigenvalue weighted by Gasteiger charge is 2.07. The van der Waals surface area contributed by atoms with Crippen molar-refractivity contribution >= 4 is 17.4 Å². The van der Waals surface area contributed by atoms with Crippen LogP contribution in [0.2, 0.25) is 0 Å². The number of halogens is 2. The van der Waals surface area contributed by atoms with Crippen molar-refractivity contribution < 1.29 is 8.78 Å². The molecule has 1 N–H and O–H groups in total. The minimum atomic E-state index is -2.35. The van der Waals surface area contributed by atoms with E-state index in [1.165, 1.54) is 12.8 Å². The van der Waals surface area contributed by atoms with Gasteiger partial charge in [0.2, 0.25) is 0 Å². The fourth-order valence-electron chi connectivity index (χ4n) is 1.80. The summed E-state index contributed by atoms with van der Waals surface area (Å²) in [6.07, 6.45) is 4.64. The molecule has 0 spiro atoms. The van der Waals surface area contributed by atoms with Crippen LogP contribution in [0.4, 0.5) is 14.5 Å². The Labute approximate surface area is 112 Å². The zero-order valence-corrected chi connectivity index (χ0v) is 11.8. The van der Waals surface area contributed by atoms with Crippen LogP contribution in [0.3, 0.4) is 0 Å². The van der Waals surface area contributed by atoms with Gasteiger partial charge in [-0.3, -0.25) is 0 Å². The second-order valence-electron chi connectivity index (χ2n) is 4.29. The van der Waals surface area contributed by atoms with Crippen LogP contribution in [0.5, 0.6) is 0 Å². The second kappa shape index (κ2) is 8.35. The third-order valence-corrected chi connectivity index (χ3v) is 3.57. The summed E-state index contributed by atoms with van der Waals surface area (Å²) in [5, 5.41) is 3.45. The number of nitrogens with one attached hydrogen (secondary N) is 1. The Morgan fingerprint density at radius 2 is 1.83 bits per heavy atom. The monoisotopic (exact) mass is 273 g/mol. The van der Waals surface area contributed by atoms with Gasteiger partial charge in [-0.15, -0.1) is 0 Å². The molecule has 0 aliphatic rings. The predicted octanol–water partition coefficient (Wildman–Crippen LogP) is 5.38. The van der Waals surface area contributed by atoms with Gasteiger partial charge >= 0.3 is 0 Å². The molecular formula is C14H21F2NS. The van der Waals surface area contributed by atoms with E-state index < -0.39 is 5.76 Å². The van der Waals surface area contributed by atoms with Crippen molar-refractivity contribution in [2.45, 2.75) is 56.2 Å². The summed E-state index contributed by atoms with van der Waals surface area (Å²) in [5.74, 6) is -2.35. The molecule has 1 unspecified atom stereocenters. The topological polar surface area (TPSA) is 12.0 Å². The number of hydrogen-bond acceptors (Lipinski definition) is 2. The Balaban J connectivity index is 2.50. The zero-order chi connectivity index (χ0) is 13.4. The van der Waals surface area contributed by atoms with E-state index in [1.807, 2.05) is 12.1 Å². The molecule has 0 aromatic heterocycles. The molecule has 1 nitrogen and oxygen atoms in total. The quantitative estimate of drug-likeness (QED) is 0.638. The Hall–Kier alpha value is -0.770. The highest BCUT2D eigenvalue weighted by atomic mass is 32.2. The van der Waals surface area contributed by atoms with Crippen LogP contribution in [0.25, 0.3) is 0 Å². The number of rotatable bonds is 8. The van der Waals surface area contributed by atoms with Crippen molar-refractivity contribution in [1.82, 2.24) is 0 Å². The molecule has 0 radical (unpaired) electrons. The number of thioether (sulfide) groups is 1. The Morgan fingerprint density at radius 3 is 2.33 bits per heavy atom. The van der Waals surface area contributed by atoms with Gasteiger partial charge in [-0.05, 0) is 37.1 Å². The SMILES string of the molecule is CCCCC(CC)Nc1ccc(SC(F)F)cc1. The highest BCUT2D eigenvalue weighted by Crippen LogP contribution is 2.26. The van der Waals surface area contributed by atoms with Gasteiger partial charge in [-0.25, -0.2) is 0 Å². The van der Waals surface area contributed by atoms with Gasteiger partial charge in [-0.2, -0.15) is 8.78 Å². The van der Waals surface area contributed by atoms with E-state index in [0.717, 1.165) is 18.5 Å². The lowest BCUT2D eigenvalue weighted by Gasteiger charge is -2.18. The van der Waals surface area contributed by atoms with Crippen LogP contribution in [0.1, 0.15) is 39.5 Å². The summed E-state index contributed by atoms with van der Waals surface area (Å²) in [7, 11) is 0. The number of alkyl halides is 2. The standard InChI is InChI=1S/C14H21F2NS/c1-3-5-6-11(4-2)17-12-7-9-13(10-8-12)18-14(15)16/h7-11,14,17H,3-6H2,1-2H3. The zero-order valence-electron chi connectivity index (χ0n) is 11.0. The molecule has 0 aliphatic heterocycles. The van der Waals surface area contributed by atoms with Crippen molar-refractivity contribution in [3.05, 3.63) is 24.3 Å². The van der Waals surface area contributed by atoms with Crippen LogP contribution in [0, 0.1) is 0 Å². The van der Waals surface area contributed by atoms with Crippen LogP contribution in [0.15, 0.2) is 29.2 Å². The fourth-order valence-corrected chi connectivity index (χ4v) is 2.30. The van der Waals surface area contributed by atoms with Gasteiger partial charge < -0.3 is 5.32 Å². The molecule has 0 saturated carbocycles.